The van der Waals surface area contributed by atoms with Crippen LogP contribution in [0.15, 0.2) is 42.5 Å². The first-order valence-electron chi connectivity index (χ1n) is 6.56. The van der Waals surface area contributed by atoms with Gasteiger partial charge in [0.05, 0.1) is 16.1 Å². The average Bonchev–Trinajstić information content (AvgIpc) is 2.55. The van der Waals surface area contributed by atoms with Crippen LogP contribution in [0.1, 0.15) is 26.3 Å². The van der Waals surface area contributed by atoms with E-state index >= 15 is 0 Å². The molecule has 0 heterocycles. The highest BCUT2D eigenvalue weighted by atomic mass is 16.6. The largest absolute Gasteiger partial charge is 0.478 e. The lowest BCUT2D eigenvalue weighted by atomic mass is 10.1. The second-order valence-corrected chi connectivity index (χ2v) is 4.50. The van der Waals surface area contributed by atoms with E-state index < -0.39 is 16.9 Å². The minimum absolute atomic E-state index is 0.0463. The average molecular weight is 333 g/mol. The fourth-order valence-corrected chi connectivity index (χ4v) is 1.74. The Morgan fingerprint density at radius 1 is 1.08 bits per heavy atom. The van der Waals surface area contributed by atoms with Crippen LogP contribution >= 0.6 is 0 Å². The van der Waals surface area contributed by atoms with E-state index in [0.717, 1.165) is 6.07 Å². The summed E-state index contributed by atoms with van der Waals surface area (Å²) in [6.45, 7) is 0.266. The number of rotatable bonds is 4. The summed E-state index contributed by atoms with van der Waals surface area (Å²) >= 11 is 0. The molecule has 0 saturated carbocycles. The van der Waals surface area contributed by atoms with Crippen LogP contribution in [0.25, 0.3) is 0 Å². The molecule has 0 unspecified atom stereocenters. The minimum atomic E-state index is -1.22. The first kappa shape index (κ1) is 18.6. The normalized spacial score (nSPS) is 9.54. The molecule has 0 bridgehead atoms. The quantitative estimate of drug-likeness (QED) is 0.372. The number of carboxylic acids is 2. The molecule has 0 aliphatic carbocycles. The van der Waals surface area contributed by atoms with Crippen LogP contribution in [0.4, 0.5) is 11.4 Å². The standard InChI is InChI=1S/C8H9NO2.C7H6N2O4/c9-5-6-3-1-2-4-7(6)8(10)11;8-5-2-1-4(7(10)11)3-6(5)9(12)13/h1-4H,5,9H2,(H,10,11);1-3H,8H2,(H,10,11). The van der Waals surface area contributed by atoms with Gasteiger partial charge in [0.2, 0.25) is 0 Å². The van der Waals surface area contributed by atoms with Crippen LogP contribution in [-0.2, 0) is 6.54 Å². The second kappa shape index (κ2) is 8.25. The molecule has 126 valence electrons. The zero-order valence-electron chi connectivity index (χ0n) is 12.4. The zero-order valence-corrected chi connectivity index (χ0v) is 12.4. The Labute approximate surface area is 136 Å². The van der Waals surface area contributed by atoms with Crippen molar-refractivity contribution >= 4 is 23.3 Å². The van der Waals surface area contributed by atoms with Crippen molar-refractivity contribution in [3.63, 3.8) is 0 Å². The number of carboxylic acid groups (broad SMARTS) is 2. The number of nitrogens with two attached hydrogens (primary N) is 2. The van der Waals surface area contributed by atoms with Gasteiger partial charge in [0.15, 0.2) is 0 Å². The highest BCUT2D eigenvalue weighted by Crippen LogP contribution is 2.21. The lowest BCUT2D eigenvalue weighted by Gasteiger charge is -2.00. The maximum atomic E-state index is 10.5. The van der Waals surface area contributed by atoms with Crippen LogP contribution in [0.2, 0.25) is 0 Å². The summed E-state index contributed by atoms with van der Waals surface area (Å²) in [6, 6.07) is 10.1. The number of anilines is 1. The lowest BCUT2D eigenvalue weighted by molar-refractivity contribution is -0.383. The summed E-state index contributed by atoms with van der Waals surface area (Å²) < 4.78 is 0. The van der Waals surface area contributed by atoms with Gasteiger partial charge in [-0.15, -0.1) is 0 Å². The molecule has 0 aliphatic heterocycles. The van der Waals surface area contributed by atoms with Gasteiger partial charge in [0.1, 0.15) is 5.69 Å². The maximum absolute atomic E-state index is 10.5. The van der Waals surface area contributed by atoms with Crippen LogP contribution in [0.5, 0.6) is 0 Å². The van der Waals surface area contributed by atoms with E-state index in [-0.39, 0.29) is 29.0 Å². The zero-order chi connectivity index (χ0) is 18.3. The fraction of sp³-hybridized carbons (Fsp3) is 0.0667. The van der Waals surface area contributed by atoms with Crippen molar-refractivity contribution in [2.75, 3.05) is 5.73 Å². The summed E-state index contributed by atoms with van der Waals surface area (Å²) in [5, 5.41) is 27.5. The SMILES string of the molecule is NCc1ccccc1C(=O)O.Nc1ccc(C(=O)O)cc1[N+](=O)[O-]. The van der Waals surface area contributed by atoms with Crippen LogP contribution < -0.4 is 11.5 Å². The van der Waals surface area contributed by atoms with E-state index in [1.807, 2.05) is 0 Å². The van der Waals surface area contributed by atoms with E-state index in [1.165, 1.54) is 12.1 Å². The van der Waals surface area contributed by atoms with Gasteiger partial charge in [-0.25, -0.2) is 9.59 Å². The first-order chi connectivity index (χ1) is 11.3. The number of nitrogens with zero attached hydrogens (tertiary/aromatic N) is 1. The third kappa shape index (κ3) is 4.78. The monoisotopic (exact) mass is 333 g/mol. The number of aromatic carboxylic acids is 2. The van der Waals surface area contributed by atoms with Crippen molar-refractivity contribution in [3.05, 3.63) is 69.3 Å². The Balaban J connectivity index is 0.000000243. The molecule has 0 radical (unpaired) electrons. The van der Waals surface area contributed by atoms with Gasteiger partial charge in [0, 0.05) is 12.6 Å². The van der Waals surface area contributed by atoms with E-state index in [4.69, 9.17) is 21.7 Å². The smallest absolute Gasteiger partial charge is 0.336 e. The molecule has 2 aromatic carbocycles. The highest BCUT2D eigenvalue weighted by molar-refractivity contribution is 5.89. The molecule has 0 atom stereocenters. The molecule has 2 rings (SSSR count). The number of hydrogen-bond acceptors (Lipinski definition) is 6. The van der Waals surface area contributed by atoms with Gasteiger partial charge in [-0.3, -0.25) is 10.1 Å². The van der Waals surface area contributed by atoms with Gasteiger partial charge in [-0.05, 0) is 23.8 Å². The first-order valence-corrected chi connectivity index (χ1v) is 6.56. The number of nitro benzene ring substituents is 1. The van der Waals surface area contributed by atoms with E-state index in [1.54, 1.807) is 24.3 Å². The third-order valence-electron chi connectivity index (χ3n) is 2.94. The van der Waals surface area contributed by atoms with E-state index in [2.05, 4.69) is 0 Å². The topological polar surface area (TPSA) is 170 Å². The molecular weight excluding hydrogens is 318 g/mol. The minimum Gasteiger partial charge on any atom is -0.478 e. The Kier molecular flexibility index (Phi) is 6.39. The van der Waals surface area contributed by atoms with Gasteiger partial charge in [0.25, 0.3) is 5.69 Å². The summed E-state index contributed by atoms with van der Waals surface area (Å²) in [4.78, 5) is 30.6. The molecule has 0 saturated heterocycles. The molecule has 0 fully saturated rings. The number of nitro groups is 1. The van der Waals surface area contributed by atoms with Crippen LogP contribution in [0.3, 0.4) is 0 Å². The molecular formula is C15H15N3O6. The molecule has 24 heavy (non-hydrogen) atoms. The van der Waals surface area contributed by atoms with Crippen molar-refractivity contribution in [2.24, 2.45) is 5.73 Å². The van der Waals surface area contributed by atoms with E-state index in [0.29, 0.717) is 5.56 Å². The Bertz CT molecular complexity index is 776. The van der Waals surface area contributed by atoms with Gasteiger partial charge in [-0.1, -0.05) is 18.2 Å². The van der Waals surface area contributed by atoms with Gasteiger partial charge in [-0.2, -0.15) is 0 Å². The van der Waals surface area contributed by atoms with E-state index in [9.17, 15) is 19.7 Å². The second-order valence-electron chi connectivity index (χ2n) is 4.50. The molecule has 9 heteroatoms. The fourth-order valence-electron chi connectivity index (χ4n) is 1.74. The molecule has 2 aromatic rings. The van der Waals surface area contributed by atoms with Crippen molar-refractivity contribution in [3.8, 4) is 0 Å². The Morgan fingerprint density at radius 2 is 1.71 bits per heavy atom. The van der Waals surface area contributed by atoms with Crippen molar-refractivity contribution in [2.45, 2.75) is 6.54 Å². The van der Waals surface area contributed by atoms with Gasteiger partial charge < -0.3 is 21.7 Å². The molecule has 0 aliphatic rings. The summed E-state index contributed by atoms with van der Waals surface area (Å²) in [5.41, 5.74) is 10.9. The summed E-state index contributed by atoms with van der Waals surface area (Å²) in [7, 11) is 0. The van der Waals surface area contributed by atoms with Gasteiger partial charge >= 0.3 is 11.9 Å². The van der Waals surface area contributed by atoms with Crippen molar-refractivity contribution < 1.29 is 24.7 Å². The Hall–Kier alpha value is -3.46. The molecule has 0 amide bonds. The molecule has 0 aromatic heterocycles. The van der Waals surface area contributed by atoms with Crippen molar-refractivity contribution in [1.29, 1.82) is 0 Å². The number of hydrogen-bond donors (Lipinski definition) is 4. The number of nitrogen functional groups attached to an aromatic ring is 1. The predicted molar refractivity (Wildman–Crippen MR) is 85.8 cm³/mol. The van der Waals surface area contributed by atoms with Crippen LogP contribution in [0, 0.1) is 10.1 Å². The molecule has 9 nitrogen and oxygen atoms in total. The lowest BCUT2D eigenvalue weighted by Crippen LogP contribution is -2.05. The number of carbonyl (C=O) groups is 2. The maximum Gasteiger partial charge on any atom is 0.336 e. The predicted octanol–water partition coefficient (Wildman–Crippen LogP) is 1.72. The van der Waals surface area contributed by atoms with Crippen molar-refractivity contribution in [1.82, 2.24) is 0 Å². The summed E-state index contributed by atoms with van der Waals surface area (Å²) in [6.07, 6.45) is 0. The Morgan fingerprint density at radius 3 is 2.17 bits per heavy atom. The molecule has 0 spiro atoms. The number of benzene rings is 2. The molecule has 6 N–H and O–H groups in total. The summed E-state index contributed by atoms with van der Waals surface area (Å²) in [5.74, 6) is -2.14. The highest BCUT2D eigenvalue weighted by Gasteiger charge is 2.14. The van der Waals surface area contributed by atoms with Crippen LogP contribution in [-0.4, -0.2) is 27.1 Å². The third-order valence-corrected chi connectivity index (χ3v) is 2.94.